The van der Waals surface area contributed by atoms with Crippen molar-refractivity contribution in [2.75, 3.05) is 0 Å². The highest BCUT2D eigenvalue weighted by Crippen LogP contribution is 2.41. The second-order valence-electron chi connectivity index (χ2n) is 7.09. The van der Waals surface area contributed by atoms with Crippen molar-refractivity contribution in [1.82, 2.24) is 24.9 Å². The Morgan fingerprint density at radius 1 is 1.30 bits per heavy atom. The highest BCUT2D eigenvalue weighted by atomic mass is 19.4. The summed E-state index contributed by atoms with van der Waals surface area (Å²) in [5.41, 5.74) is 6.07. The molecule has 156 valence electrons. The van der Waals surface area contributed by atoms with E-state index >= 15 is 0 Å². The van der Waals surface area contributed by atoms with Crippen molar-refractivity contribution in [3.8, 4) is 11.4 Å². The smallest absolute Gasteiger partial charge is 0.366 e. The number of nitrogens with zero attached hydrogens (tertiary/aromatic N) is 5. The topological polar surface area (TPSA) is 113 Å². The highest BCUT2D eigenvalue weighted by Gasteiger charge is 2.35. The predicted octanol–water partition coefficient (Wildman–Crippen LogP) is 3.32. The maximum absolute atomic E-state index is 13.3. The first-order valence-corrected chi connectivity index (χ1v) is 9.09. The molecule has 1 fully saturated rings. The zero-order valence-corrected chi connectivity index (χ0v) is 16.1. The summed E-state index contributed by atoms with van der Waals surface area (Å²) in [6, 6.07) is 2.48. The van der Waals surface area contributed by atoms with Crippen LogP contribution < -0.4 is 5.73 Å². The molecule has 1 saturated carbocycles. The lowest BCUT2D eigenvalue weighted by Crippen LogP contribution is -2.14. The van der Waals surface area contributed by atoms with Gasteiger partial charge in [-0.2, -0.15) is 13.2 Å². The molecule has 4 rings (SSSR count). The fourth-order valence-corrected chi connectivity index (χ4v) is 3.13. The van der Waals surface area contributed by atoms with E-state index in [9.17, 15) is 18.0 Å². The first kappa shape index (κ1) is 19.8. The molecule has 1 amide bonds. The van der Waals surface area contributed by atoms with E-state index in [1.807, 2.05) is 0 Å². The van der Waals surface area contributed by atoms with Crippen molar-refractivity contribution >= 4 is 17.7 Å². The Morgan fingerprint density at radius 3 is 2.60 bits per heavy atom. The third-order valence-electron chi connectivity index (χ3n) is 4.73. The Bertz CT molecular complexity index is 1140. The number of hydrogen-bond donors (Lipinski definition) is 1. The molecule has 0 spiro atoms. The minimum absolute atomic E-state index is 0.0223. The molecule has 8 nitrogen and oxygen atoms in total. The number of nitrogens with two attached hydrogens (primary N) is 1. The summed E-state index contributed by atoms with van der Waals surface area (Å²) < 4.78 is 46.1. The van der Waals surface area contributed by atoms with Gasteiger partial charge < -0.3 is 10.3 Å². The molecule has 0 unspecified atom stereocenters. The maximum atomic E-state index is 13.3. The van der Waals surface area contributed by atoms with Crippen LogP contribution in [-0.2, 0) is 11.0 Å². The van der Waals surface area contributed by atoms with Gasteiger partial charge in [0.05, 0.1) is 16.8 Å². The number of carbonyl (C=O) groups is 1. The van der Waals surface area contributed by atoms with Gasteiger partial charge in [-0.15, -0.1) is 5.10 Å². The minimum Gasteiger partial charge on any atom is -0.366 e. The largest absolute Gasteiger partial charge is 0.433 e. The number of aryl methyl sites for hydroxylation is 2. The van der Waals surface area contributed by atoms with Crippen LogP contribution in [0.5, 0.6) is 0 Å². The third kappa shape index (κ3) is 3.82. The van der Waals surface area contributed by atoms with Crippen LogP contribution in [0.3, 0.4) is 0 Å². The quantitative estimate of drug-likeness (QED) is 0.636. The molecule has 3 heterocycles. The Kier molecular flexibility index (Phi) is 4.67. The van der Waals surface area contributed by atoms with Crippen LogP contribution >= 0.6 is 0 Å². The summed E-state index contributed by atoms with van der Waals surface area (Å²) in [5.74, 6) is -0.241. The maximum Gasteiger partial charge on any atom is 0.433 e. The van der Waals surface area contributed by atoms with Gasteiger partial charge >= 0.3 is 6.18 Å². The number of hydrogen-bond acceptors (Lipinski definition) is 6. The van der Waals surface area contributed by atoms with Crippen LogP contribution in [-0.4, -0.2) is 30.8 Å². The van der Waals surface area contributed by atoms with Crippen LogP contribution in [0.25, 0.3) is 23.2 Å². The zero-order chi connectivity index (χ0) is 21.6. The fourth-order valence-electron chi connectivity index (χ4n) is 3.13. The van der Waals surface area contributed by atoms with Gasteiger partial charge in [0.15, 0.2) is 5.82 Å². The Labute approximate surface area is 168 Å². The molecule has 0 bridgehead atoms. The van der Waals surface area contributed by atoms with Gasteiger partial charge in [-0.05, 0) is 38.8 Å². The SMILES string of the molecule is Cc1noc(C)c1/C(=C\n1cnc(-c2cc(C3CC3)nc(C(F)(F)F)c2)n1)C(N)=O. The predicted molar refractivity (Wildman–Crippen MR) is 99.6 cm³/mol. The summed E-state index contributed by atoms with van der Waals surface area (Å²) in [4.78, 5) is 19.8. The van der Waals surface area contributed by atoms with Crippen LogP contribution in [0.1, 0.15) is 47.2 Å². The highest BCUT2D eigenvalue weighted by molar-refractivity contribution is 6.22. The van der Waals surface area contributed by atoms with E-state index in [1.54, 1.807) is 19.9 Å². The lowest BCUT2D eigenvalue weighted by atomic mass is 10.1. The Hall–Kier alpha value is -3.50. The average molecular weight is 418 g/mol. The summed E-state index contributed by atoms with van der Waals surface area (Å²) in [5, 5.41) is 7.99. The molecule has 1 aliphatic carbocycles. The van der Waals surface area contributed by atoms with Gasteiger partial charge in [-0.25, -0.2) is 14.6 Å². The van der Waals surface area contributed by atoms with Crippen molar-refractivity contribution < 1.29 is 22.5 Å². The molecule has 0 atom stereocenters. The van der Waals surface area contributed by atoms with Gasteiger partial charge in [-0.1, -0.05) is 5.16 Å². The summed E-state index contributed by atoms with van der Waals surface area (Å²) >= 11 is 0. The standard InChI is InChI=1S/C19H17F3N6O2/c1-9-16(10(2)30-27-9)13(17(23)29)7-28-8-24-18(26-28)12-5-14(11-3-4-11)25-15(6-12)19(20,21)22/h5-8,11H,3-4H2,1-2H3,(H2,23,29)/b13-7+. The lowest BCUT2D eigenvalue weighted by Gasteiger charge is -2.09. The van der Waals surface area contributed by atoms with Crippen LogP contribution in [0, 0.1) is 13.8 Å². The van der Waals surface area contributed by atoms with E-state index < -0.39 is 17.8 Å². The van der Waals surface area contributed by atoms with Crippen LogP contribution in [0.15, 0.2) is 23.0 Å². The molecule has 2 N–H and O–H groups in total. The van der Waals surface area contributed by atoms with Crippen molar-refractivity contribution in [2.45, 2.75) is 38.8 Å². The van der Waals surface area contributed by atoms with E-state index in [1.165, 1.54) is 17.2 Å². The number of pyridine rings is 1. The summed E-state index contributed by atoms with van der Waals surface area (Å²) in [6.07, 6.45) is -0.361. The minimum atomic E-state index is -4.58. The van der Waals surface area contributed by atoms with Gasteiger partial charge in [0.2, 0.25) is 0 Å². The van der Waals surface area contributed by atoms with E-state index in [2.05, 4.69) is 20.2 Å². The second kappa shape index (κ2) is 7.08. The van der Waals surface area contributed by atoms with Gasteiger partial charge in [0.1, 0.15) is 17.8 Å². The number of primary amides is 1. The zero-order valence-electron chi connectivity index (χ0n) is 16.1. The molecule has 3 aromatic rings. The number of aromatic nitrogens is 5. The molecule has 1 aliphatic rings. The van der Waals surface area contributed by atoms with Crippen LogP contribution in [0.2, 0.25) is 0 Å². The number of rotatable bonds is 5. The molecular weight excluding hydrogens is 401 g/mol. The number of carbonyl (C=O) groups excluding carboxylic acids is 1. The van der Waals surface area contributed by atoms with Crippen molar-refractivity contribution in [3.05, 3.63) is 46.9 Å². The summed E-state index contributed by atoms with van der Waals surface area (Å²) in [7, 11) is 0. The number of amides is 1. The van der Waals surface area contributed by atoms with Gasteiger partial charge in [0, 0.05) is 23.4 Å². The fraction of sp³-hybridized carbons (Fsp3) is 0.316. The molecule has 0 saturated heterocycles. The molecule has 11 heteroatoms. The molecule has 0 radical (unpaired) electrons. The van der Waals surface area contributed by atoms with Gasteiger partial charge in [0.25, 0.3) is 5.91 Å². The van der Waals surface area contributed by atoms with Crippen LogP contribution in [0.4, 0.5) is 13.2 Å². The molecule has 3 aromatic heterocycles. The second-order valence-corrected chi connectivity index (χ2v) is 7.09. The first-order valence-electron chi connectivity index (χ1n) is 9.09. The summed E-state index contributed by atoms with van der Waals surface area (Å²) in [6.45, 7) is 3.29. The number of halogens is 3. The molecular formula is C19H17F3N6O2. The average Bonchev–Trinajstić information content (AvgIpc) is 3.34. The molecule has 0 aromatic carbocycles. The third-order valence-corrected chi connectivity index (χ3v) is 4.73. The Morgan fingerprint density at radius 2 is 2.03 bits per heavy atom. The van der Waals surface area contributed by atoms with Crippen molar-refractivity contribution in [1.29, 1.82) is 0 Å². The first-order chi connectivity index (χ1) is 14.1. The van der Waals surface area contributed by atoms with Gasteiger partial charge in [-0.3, -0.25) is 4.79 Å². The monoisotopic (exact) mass is 418 g/mol. The normalized spacial score (nSPS) is 14.9. The lowest BCUT2D eigenvalue weighted by molar-refractivity contribution is -0.141. The van der Waals surface area contributed by atoms with E-state index in [4.69, 9.17) is 10.3 Å². The molecule has 30 heavy (non-hydrogen) atoms. The van der Waals surface area contributed by atoms with E-state index in [-0.39, 0.29) is 22.9 Å². The Balaban J connectivity index is 1.75. The van der Waals surface area contributed by atoms with E-state index in [0.717, 1.165) is 18.9 Å². The van der Waals surface area contributed by atoms with E-state index in [0.29, 0.717) is 22.7 Å². The number of alkyl halides is 3. The van der Waals surface area contributed by atoms with Crippen molar-refractivity contribution in [2.24, 2.45) is 5.73 Å². The van der Waals surface area contributed by atoms with Crippen molar-refractivity contribution in [3.63, 3.8) is 0 Å². The molecule has 0 aliphatic heterocycles.